The van der Waals surface area contributed by atoms with Gasteiger partial charge in [-0.2, -0.15) is 0 Å². The van der Waals surface area contributed by atoms with Crippen molar-refractivity contribution in [3.63, 3.8) is 0 Å². The van der Waals surface area contributed by atoms with Gasteiger partial charge in [-0.1, -0.05) is 35.9 Å². The van der Waals surface area contributed by atoms with Gasteiger partial charge in [-0.15, -0.1) is 0 Å². The largest absolute Gasteiger partial charge is 0.508 e. The molecule has 1 aliphatic carbocycles. The maximum atomic E-state index is 13.6. The van der Waals surface area contributed by atoms with Crippen molar-refractivity contribution in [2.45, 2.75) is 58.2 Å². The Bertz CT molecular complexity index is 1060. The predicted molar refractivity (Wildman–Crippen MR) is 130 cm³/mol. The fourth-order valence-electron chi connectivity index (χ4n) is 3.58. The lowest BCUT2D eigenvalue weighted by Crippen LogP contribution is -2.47. The van der Waals surface area contributed by atoms with Gasteiger partial charge < -0.3 is 25.4 Å². The van der Waals surface area contributed by atoms with E-state index in [1.165, 1.54) is 17.0 Å². The molecular formula is C25H30ClN3O5. The number of halogens is 1. The van der Waals surface area contributed by atoms with Gasteiger partial charge in [0.1, 0.15) is 23.9 Å². The lowest BCUT2D eigenvalue weighted by molar-refractivity contribution is -0.139. The molecule has 3 rings (SSSR count). The molecule has 0 bridgehead atoms. The second kappa shape index (κ2) is 10.3. The molecule has 0 spiro atoms. The highest BCUT2D eigenvalue weighted by Crippen LogP contribution is 2.37. The normalized spacial score (nSPS) is 14.1. The van der Waals surface area contributed by atoms with Gasteiger partial charge in [-0.3, -0.25) is 9.59 Å². The quantitative estimate of drug-likeness (QED) is 0.531. The number of alkyl carbamates (subject to hydrolysis) is 1. The number of anilines is 1. The van der Waals surface area contributed by atoms with Crippen molar-refractivity contribution >= 4 is 35.2 Å². The number of para-hydroxylation sites is 1. The first kappa shape index (κ1) is 25.4. The van der Waals surface area contributed by atoms with Gasteiger partial charge >= 0.3 is 6.09 Å². The number of carbonyl (C=O) groups excluding carboxylic acids is 3. The topological polar surface area (TPSA) is 108 Å². The van der Waals surface area contributed by atoms with Gasteiger partial charge in [0.2, 0.25) is 5.91 Å². The van der Waals surface area contributed by atoms with E-state index in [0.29, 0.717) is 16.3 Å². The van der Waals surface area contributed by atoms with Gasteiger partial charge in [-0.25, -0.2) is 4.79 Å². The molecule has 9 heteroatoms. The lowest BCUT2D eigenvalue weighted by atomic mass is 10.0. The van der Waals surface area contributed by atoms with Crippen LogP contribution in [0.25, 0.3) is 0 Å². The van der Waals surface area contributed by atoms with Crippen LogP contribution in [0.4, 0.5) is 10.5 Å². The maximum absolute atomic E-state index is 13.6. The van der Waals surface area contributed by atoms with Gasteiger partial charge in [0.15, 0.2) is 0 Å². The third-order valence-corrected chi connectivity index (χ3v) is 5.51. The molecule has 0 heterocycles. The van der Waals surface area contributed by atoms with E-state index in [-0.39, 0.29) is 18.3 Å². The summed E-state index contributed by atoms with van der Waals surface area (Å²) in [5, 5.41) is 15.7. The highest BCUT2D eigenvalue weighted by molar-refractivity contribution is 6.34. The third kappa shape index (κ3) is 6.63. The smallest absolute Gasteiger partial charge is 0.408 e. The Hall–Kier alpha value is -3.26. The molecule has 1 atom stereocenters. The van der Waals surface area contributed by atoms with E-state index >= 15 is 0 Å². The Kier molecular flexibility index (Phi) is 7.71. The van der Waals surface area contributed by atoms with Crippen molar-refractivity contribution in [2.24, 2.45) is 0 Å². The monoisotopic (exact) mass is 487 g/mol. The van der Waals surface area contributed by atoms with Crippen LogP contribution in [-0.4, -0.2) is 46.1 Å². The zero-order valence-corrected chi connectivity index (χ0v) is 20.5. The van der Waals surface area contributed by atoms with Crippen LogP contribution in [0.2, 0.25) is 5.02 Å². The van der Waals surface area contributed by atoms with E-state index < -0.39 is 29.6 Å². The summed E-state index contributed by atoms with van der Waals surface area (Å²) in [5.74, 6) is -0.939. The van der Waals surface area contributed by atoms with Crippen molar-refractivity contribution in [1.82, 2.24) is 10.2 Å². The number of phenolic OH excluding ortho intramolecular Hbond substituents is 1. The summed E-state index contributed by atoms with van der Waals surface area (Å²) in [6.45, 7) is 6.66. The number of nitrogens with zero attached hydrogens (tertiary/aromatic N) is 1. The zero-order chi connectivity index (χ0) is 25.0. The van der Waals surface area contributed by atoms with Crippen LogP contribution in [0.3, 0.4) is 0 Å². The summed E-state index contributed by atoms with van der Waals surface area (Å²) >= 11 is 6.31. The van der Waals surface area contributed by atoms with Crippen LogP contribution in [0.15, 0.2) is 42.5 Å². The van der Waals surface area contributed by atoms with Crippen LogP contribution >= 0.6 is 11.6 Å². The average Bonchev–Trinajstić information content (AvgIpc) is 3.56. The highest BCUT2D eigenvalue weighted by Gasteiger charge is 2.41. The molecule has 0 radical (unpaired) electrons. The summed E-state index contributed by atoms with van der Waals surface area (Å²) in [4.78, 5) is 40.4. The number of nitrogens with one attached hydrogen (secondary N) is 2. The highest BCUT2D eigenvalue weighted by atomic mass is 35.5. The molecule has 1 saturated carbocycles. The molecular weight excluding hydrogens is 458 g/mol. The van der Waals surface area contributed by atoms with Crippen LogP contribution in [-0.2, 0) is 14.3 Å². The number of hydrogen-bond acceptors (Lipinski definition) is 5. The molecule has 34 heavy (non-hydrogen) atoms. The number of aryl methyl sites for hydroxylation is 1. The summed E-state index contributed by atoms with van der Waals surface area (Å²) in [6, 6.07) is 10.3. The Labute approximate surface area is 204 Å². The van der Waals surface area contributed by atoms with Crippen molar-refractivity contribution in [1.29, 1.82) is 0 Å². The Morgan fingerprint density at radius 1 is 1.18 bits per heavy atom. The standard InChI is InChI=1S/C25H30ClN3O5/c1-15-7-5-10-19(26)21(15)28-23(32)22(16-8-6-9-18(30)13-16)29(17-11-12-17)20(31)14-27-24(33)34-25(2,3)4/h5-10,13,17,22,30H,11-12,14H2,1-4H3,(H,27,33)(H,28,32). The summed E-state index contributed by atoms with van der Waals surface area (Å²) in [6.07, 6.45) is 0.735. The van der Waals surface area contributed by atoms with Crippen molar-refractivity contribution < 1.29 is 24.2 Å². The van der Waals surface area contributed by atoms with E-state index in [2.05, 4.69) is 10.6 Å². The molecule has 0 aromatic heterocycles. The average molecular weight is 488 g/mol. The SMILES string of the molecule is Cc1cccc(Cl)c1NC(=O)C(c1cccc(O)c1)N(C(=O)CNC(=O)OC(C)(C)C)C1CC1. The number of rotatable bonds is 7. The third-order valence-electron chi connectivity index (χ3n) is 5.19. The fourth-order valence-corrected chi connectivity index (χ4v) is 3.85. The molecule has 2 aromatic rings. The van der Waals surface area contributed by atoms with Crippen LogP contribution in [0.5, 0.6) is 5.75 Å². The van der Waals surface area contributed by atoms with Gasteiger partial charge in [0, 0.05) is 6.04 Å². The number of carbonyl (C=O) groups is 3. The zero-order valence-electron chi connectivity index (χ0n) is 19.7. The number of phenols is 1. The summed E-state index contributed by atoms with van der Waals surface area (Å²) in [5.41, 5.74) is 0.959. The number of ether oxygens (including phenoxy) is 1. The fraction of sp³-hybridized carbons (Fsp3) is 0.400. The van der Waals surface area contributed by atoms with Crippen molar-refractivity contribution in [3.05, 3.63) is 58.6 Å². The van der Waals surface area contributed by atoms with Crippen LogP contribution in [0, 0.1) is 6.92 Å². The Morgan fingerprint density at radius 2 is 1.85 bits per heavy atom. The summed E-state index contributed by atoms with van der Waals surface area (Å²) < 4.78 is 5.21. The molecule has 3 amide bonds. The van der Waals surface area contributed by atoms with E-state index in [1.54, 1.807) is 45.0 Å². The molecule has 2 aromatic carbocycles. The Morgan fingerprint density at radius 3 is 2.44 bits per heavy atom. The van der Waals surface area contributed by atoms with Gasteiger partial charge in [0.05, 0.1) is 10.7 Å². The molecule has 8 nitrogen and oxygen atoms in total. The summed E-state index contributed by atoms with van der Waals surface area (Å²) in [7, 11) is 0. The van der Waals surface area contributed by atoms with E-state index in [0.717, 1.165) is 18.4 Å². The second-order valence-corrected chi connectivity index (χ2v) is 9.71. The molecule has 1 fully saturated rings. The lowest BCUT2D eigenvalue weighted by Gasteiger charge is -2.32. The van der Waals surface area contributed by atoms with Crippen molar-refractivity contribution in [3.8, 4) is 5.75 Å². The first-order valence-corrected chi connectivity index (χ1v) is 11.5. The maximum Gasteiger partial charge on any atom is 0.408 e. The van der Waals surface area contributed by atoms with Gasteiger partial charge in [-0.05, 0) is 69.9 Å². The number of hydrogen-bond donors (Lipinski definition) is 3. The minimum atomic E-state index is -1.04. The number of aromatic hydroxyl groups is 1. The predicted octanol–water partition coefficient (Wildman–Crippen LogP) is 4.55. The second-order valence-electron chi connectivity index (χ2n) is 9.31. The molecule has 1 unspecified atom stereocenters. The molecule has 3 N–H and O–H groups in total. The number of benzene rings is 2. The number of amides is 3. The minimum absolute atomic E-state index is 0.0284. The minimum Gasteiger partial charge on any atom is -0.508 e. The first-order valence-electron chi connectivity index (χ1n) is 11.1. The first-order chi connectivity index (χ1) is 16.0. The molecule has 182 valence electrons. The van der Waals surface area contributed by atoms with E-state index in [9.17, 15) is 19.5 Å². The van der Waals surface area contributed by atoms with Crippen LogP contribution < -0.4 is 10.6 Å². The molecule has 1 aliphatic rings. The Balaban J connectivity index is 1.89. The molecule has 0 saturated heterocycles. The van der Waals surface area contributed by atoms with Crippen molar-refractivity contribution in [2.75, 3.05) is 11.9 Å². The van der Waals surface area contributed by atoms with Crippen LogP contribution in [0.1, 0.15) is 50.8 Å². The van der Waals surface area contributed by atoms with E-state index in [4.69, 9.17) is 16.3 Å². The molecule has 0 aliphatic heterocycles. The van der Waals surface area contributed by atoms with Gasteiger partial charge in [0.25, 0.3) is 5.91 Å². The van der Waals surface area contributed by atoms with E-state index in [1.807, 2.05) is 13.0 Å².